The summed E-state index contributed by atoms with van der Waals surface area (Å²) in [4.78, 5) is 17.0. The quantitative estimate of drug-likeness (QED) is 0.749. The summed E-state index contributed by atoms with van der Waals surface area (Å²) in [7, 11) is 0. The van der Waals surface area contributed by atoms with Crippen molar-refractivity contribution in [2.75, 3.05) is 24.4 Å². The van der Waals surface area contributed by atoms with Crippen molar-refractivity contribution in [2.24, 2.45) is 0 Å². The Morgan fingerprint density at radius 1 is 1.18 bits per heavy atom. The number of hydrogen-bond acceptors (Lipinski definition) is 3. The SMILES string of the molecule is CC(c1ccc(F)cc1)N1CCN(C(=O)c2ccc(NS(=O)O)cc2)[C@H](C)C1. The molecule has 0 radical (unpaired) electrons. The Labute approximate surface area is 166 Å². The fraction of sp³-hybridized carbons (Fsp3) is 0.350. The number of piperazine rings is 1. The van der Waals surface area contributed by atoms with Crippen molar-refractivity contribution in [1.29, 1.82) is 0 Å². The predicted octanol–water partition coefficient (Wildman–Crippen LogP) is 3.28. The number of rotatable bonds is 5. The number of amides is 1. The molecule has 3 rings (SSSR count). The second-order valence-electron chi connectivity index (χ2n) is 7.00. The average molecular weight is 405 g/mol. The van der Waals surface area contributed by atoms with Gasteiger partial charge in [0, 0.05) is 43.0 Å². The normalized spacial score (nSPS) is 19.9. The lowest BCUT2D eigenvalue weighted by Gasteiger charge is -2.42. The minimum absolute atomic E-state index is 0.0342. The van der Waals surface area contributed by atoms with E-state index in [9.17, 15) is 13.4 Å². The lowest BCUT2D eigenvalue weighted by molar-refractivity contribution is 0.0406. The molecule has 1 aliphatic rings. The molecule has 8 heteroatoms. The van der Waals surface area contributed by atoms with Crippen molar-refractivity contribution in [2.45, 2.75) is 25.9 Å². The molecule has 2 aromatic rings. The van der Waals surface area contributed by atoms with Crippen molar-refractivity contribution in [3.63, 3.8) is 0 Å². The summed E-state index contributed by atoms with van der Waals surface area (Å²) in [6.45, 7) is 6.18. The molecule has 0 bridgehead atoms. The molecule has 1 heterocycles. The molecule has 1 aliphatic heterocycles. The highest BCUT2D eigenvalue weighted by Gasteiger charge is 2.30. The third kappa shape index (κ3) is 4.76. The van der Waals surface area contributed by atoms with E-state index in [1.807, 2.05) is 11.8 Å². The molecular formula is C20H24FN3O3S. The number of anilines is 1. The first kappa shape index (κ1) is 20.4. The molecule has 1 amide bonds. The third-order valence-corrected chi connectivity index (χ3v) is 5.57. The third-order valence-electron chi connectivity index (χ3n) is 5.16. The first-order valence-electron chi connectivity index (χ1n) is 9.13. The van der Waals surface area contributed by atoms with Crippen LogP contribution < -0.4 is 4.72 Å². The Kier molecular flexibility index (Phi) is 6.43. The van der Waals surface area contributed by atoms with Crippen molar-refractivity contribution in [3.05, 3.63) is 65.5 Å². The molecule has 0 aromatic heterocycles. The molecule has 3 atom stereocenters. The first-order valence-corrected chi connectivity index (χ1v) is 10.2. The largest absolute Gasteiger partial charge is 0.333 e. The van der Waals surface area contributed by atoms with Crippen LogP contribution in [0.3, 0.4) is 0 Å². The van der Waals surface area contributed by atoms with Crippen LogP contribution in [0.1, 0.15) is 35.8 Å². The summed E-state index contributed by atoms with van der Waals surface area (Å²) in [5.41, 5.74) is 2.07. The Bertz CT molecular complexity index is 845. The Balaban J connectivity index is 1.63. The van der Waals surface area contributed by atoms with Gasteiger partial charge in [0.05, 0.1) is 0 Å². The fourth-order valence-corrected chi connectivity index (χ4v) is 3.88. The molecule has 1 saturated heterocycles. The highest BCUT2D eigenvalue weighted by Crippen LogP contribution is 2.25. The van der Waals surface area contributed by atoms with Gasteiger partial charge >= 0.3 is 0 Å². The zero-order valence-corrected chi connectivity index (χ0v) is 16.7. The van der Waals surface area contributed by atoms with Crippen LogP contribution >= 0.6 is 0 Å². The number of nitrogens with one attached hydrogen (secondary N) is 1. The molecule has 1 fully saturated rings. The molecule has 0 spiro atoms. The van der Waals surface area contributed by atoms with Crippen LogP contribution in [0.15, 0.2) is 48.5 Å². The van der Waals surface area contributed by atoms with Gasteiger partial charge in [0.2, 0.25) is 0 Å². The molecule has 0 saturated carbocycles. The Morgan fingerprint density at radius 2 is 1.82 bits per heavy atom. The van der Waals surface area contributed by atoms with E-state index in [1.54, 1.807) is 36.4 Å². The van der Waals surface area contributed by atoms with Crippen molar-refractivity contribution in [3.8, 4) is 0 Å². The molecule has 2 unspecified atom stereocenters. The fourth-order valence-electron chi connectivity index (χ4n) is 3.54. The first-order chi connectivity index (χ1) is 13.3. The smallest absolute Gasteiger partial charge is 0.259 e. The lowest BCUT2D eigenvalue weighted by Crippen LogP contribution is -2.54. The molecule has 2 aromatic carbocycles. The minimum atomic E-state index is -2.14. The summed E-state index contributed by atoms with van der Waals surface area (Å²) in [5.74, 6) is -0.301. The average Bonchev–Trinajstić information content (AvgIpc) is 2.67. The summed E-state index contributed by atoms with van der Waals surface area (Å²) in [6.07, 6.45) is 0. The van der Waals surface area contributed by atoms with Gasteiger partial charge in [-0.05, 0) is 55.8 Å². The van der Waals surface area contributed by atoms with E-state index in [0.717, 1.165) is 18.7 Å². The summed E-state index contributed by atoms with van der Waals surface area (Å²) < 4.78 is 35.2. The standard InChI is InChI=1S/C20H24FN3O3S/c1-14-13-23(15(2)16-3-7-18(21)8-4-16)11-12-24(14)20(25)17-5-9-19(10-6-17)22-28(26)27/h3-10,14-15,22H,11-13H2,1-2H3,(H,26,27)/t14-,15?/m1/s1. The summed E-state index contributed by atoms with van der Waals surface area (Å²) >= 11 is -2.14. The number of carbonyl (C=O) groups excluding carboxylic acids is 1. The molecule has 150 valence electrons. The van der Waals surface area contributed by atoms with E-state index in [-0.39, 0.29) is 23.8 Å². The van der Waals surface area contributed by atoms with Gasteiger partial charge < -0.3 is 4.90 Å². The van der Waals surface area contributed by atoms with Crippen LogP contribution in [0, 0.1) is 5.82 Å². The Morgan fingerprint density at radius 3 is 2.39 bits per heavy atom. The zero-order chi connectivity index (χ0) is 20.3. The lowest BCUT2D eigenvalue weighted by atomic mass is 10.0. The summed E-state index contributed by atoms with van der Waals surface area (Å²) in [6, 6.07) is 13.2. The second-order valence-corrected chi connectivity index (χ2v) is 7.70. The monoisotopic (exact) mass is 405 g/mol. The maximum Gasteiger partial charge on any atom is 0.259 e. The highest BCUT2D eigenvalue weighted by atomic mass is 32.2. The van der Waals surface area contributed by atoms with Gasteiger partial charge in [-0.3, -0.25) is 19.0 Å². The number of nitrogens with zero attached hydrogens (tertiary/aromatic N) is 2. The van der Waals surface area contributed by atoms with E-state index in [4.69, 9.17) is 4.55 Å². The van der Waals surface area contributed by atoms with Crippen molar-refractivity contribution >= 4 is 22.9 Å². The maximum absolute atomic E-state index is 13.2. The Hall–Kier alpha value is -2.29. The van der Waals surface area contributed by atoms with E-state index >= 15 is 0 Å². The van der Waals surface area contributed by atoms with Gasteiger partial charge in [0.15, 0.2) is 0 Å². The molecule has 28 heavy (non-hydrogen) atoms. The topological polar surface area (TPSA) is 72.9 Å². The number of benzene rings is 2. The van der Waals surface area contributed by atoms with Gasteiger partial charge in [-0.15, -0.1) is 0 Å². The second kappa shape index (κ2) is 8.81. The van der Waals surface area contributed by atoms with Gasteiger partial charge in [0.25, 0.3) is 17.2 Å². The number of hydrogen-bond donors (Lipinski definition) is 2. The zero-order valence-electron chi connectivity index (χ0n) is 15.8. The number of halogens is 1. The maximum atomic E-state index is 13.2. The van der Waals surface area contributed by atoms with Gasteiger partial charge in [-0.25, -0.2) is 8.60 Å². The van der Waals surface area contributed by atoms with Gasteiger partial charge in [-0.1, -0.05) is 12.1 Å². The van der Waals surface area contributed by atoms with Crippen LogP contribution in [0.4, 0.5) is 10.1 Å². The van der Waals surface area contributed by atoms with Crippen molar-refractivity contribution in [1.82, 2.24) is 9.80 Å². The van der Waals surface area contributed by atoms with Crippen LogP contribution in [0.5, 0.6) is 0 Å². The van der Waals surface area contributed by atoms with E-state index in [0.29, 0.717) is 17.8 Å². The summed E-state index contributed by atoms with van der Waals surface area (Å²) in [5, 5.41) is 0. The van der Waals surface area contributed by atoms with E-state index < -0.39 is 11.3 Å². The predicted molar refractivity (Wildman–Crippen MR) is 108 cm³/mol. The van der Waals surface area contributed by atoms with Gasteiger partial charge in [-0.2, -0.15) is 0 Å². The number of carbonyl (C=O) groups is 1. The van der Waals surface area contributed by atoms with Crippen LogP contribution in [0.25, 0.3) is 0 Å². The molecule has 6 nitrogen and oxygen atoms in total. The molecule has 0 aliphatic carbocycles. The van der Waals surface area contributed by atoms with Crippen LogP contribution in [-0.2, 0) is 11.3 Å². The van der Waals surface area contributed by atoms with Crippen LogP contribution in [0.2, 0.25) is 0 Å². The van der Waals surface area contributed by atoms with E-state index in [2.05, 4.69) is 16.5 Å². The molecule has 2 N–H and O–H groups in total. The van der Waals surface area contributed by atoms with Gasteiger partial charge in [0.1, 0.15) is 5.82 Å². The van der Waals surface area contributed by atoms with Crippen LogP contribution in [-0.4, -0.2) is 50.1 Å². The van der Waals surface area contributed by atoms with E-state index in [1.165, 1.54) is 12.1 Å². The minimum Gasteiger partial charge on any atom is -0.333 e. The van der Waals surface area contributed by atoms with Crippen molar-refractivity contribution < 1.29 is 17.9 Å². The molecular weight excluding hydrogens is 381 g/mol. The highest BCUT2D eigenvalue weighted by molar-refractivity contribution is 7.80.